The Labute approximate surface area is 93.7 Å². The Balaban J connectivity index is 2.03. The molecule has 0 heterocycles. The van der Waals surface area contributed by atoms with Gasteiger partial charge in [0.2, 0.25) is 0 Å². The van der Waals surface area contributed by atoms with E-state index >= 15 is 0 Å². The highest BCUT2D eigenvalue weighted by molar-refractivity contribution is 8.00. The molecule has 3 heteroatoms. The van der Waals surface area contributed by atoms with Gasteiger partial charge in [0.15, 0.2) is 0 Å². The molecule has 1 N–H and O–H groups in total. The Morgan fingerprint density at radius 3 is 2.47 bits per heavy atom. The summed E-state index contributed by atoms with van der Waals surface area (Å²) in [4.78, 5) is 12.2. The molecule has 1 aromatic rings. The van der Waals surface area contributed by atoms with Crippen LogP contribution in [0.2, 0.25) is 0 Å². The molecule has 2 rings (SSSR count). The molecule has 1 aliphatic carbocycles. The molecule has 1 fully saturated rings. The lowest BCUT2D eigenvalue weighted by atomic mass is 9.83. The average molecular weight is 222 g/mol. The first-order valence-electron chi connectivity index (χ1n) is 5.22. The fourth-order valence-corrected chi connectivity index (χ4v) is 2.91. The second-order valence-corrected chi connectivity index (χ2v) is 5.10. The normalized spacial score (nSPS) is 18.1. The third kappa shape index (κ3) is 2.53. The number of benzene rings is 1. The number of carbonyl (C=O) groups is 1. The summed E-state index contributed by atoms with van der Waals surface area (Å²) in [5, 5.41) is 8.89. The summed E-state index contributed by atoms with van der Waals surface area (Å²) in [5.74, 6) is -0.304. The Morgan fingerprint density at radius 1 is 1.33 bits per heavy atom. The predicted octanol–water partition coefficient (Wildman–Crippen LogP) is 3.03. The Hall–Kier alpha value is -0.960. The van der Waals surface area contributed by atoms with Gasteiger partial charge < -0.3 is 5.11 Å². The van der Waals surface area contributed by atoms with Crippen LogP contribution in [0.5, 0.6) is 0 Å². The van der Waals surface area contributed by atoms with E-state index in [-0.39, 0.29) is 5.25 Å². The fourth-order valence-electron chi connectivity index (χ4n) is 1.74. The SMILES string of the molecule is O=C(O)C(Sc1ccccc1)C1CCC1. The van der Waals surface area contributed by atoms with Gasteiger partial charge in [0, 0.05) is 4.90 Å². The minimum atomic E-state index is -0.673. The van der Waals surface area contributed by atoms with E-state index in [0.717, 1.165) is 17.7 Å². The number of carboxylic acid groups (broad SMARTS) is 1. The highest BCUT2D eigenvalue weighted by Crippen LogP contribution is 2.38. The number of carboxylic acids is 1. The van der Waals surface area contributed by atoms with Crippen molar-refractivity contribution in [1.29, 1.82) is 0 Å². The largest absolute Gasteiger partial charge is 0.480 e. The van der Waals surface area contributed by atoms with Crippen molar-refractivity contribution in [3.05, 3.63) is 30.3 Å². The van der Waals surface area contributed by atoms with Crippen molar-refractivity contribution in [3.8, 4) is 0 Å². The first-order chi connectivity index (χ1) is 7.27. The zero-order valence-corrected chi connectivity index (χ0v) is 9.24. The van der Waals surface area contributed by atoms with E-state index in [1.165, 1.54) is 18.2 Å². The Kier molecular flexibility index (Phi) is 3.31. The van der Waals surface area contributed by atoms with Crippen molar-refractivity contribution < 1.29 is 9.90 Å². The summed E-state index contributed by atoms with van der Waals surface area (Å²) in [6.45, 7) is 0. The van der Waals surface area contributed by atoms with E-state index in [1.807, 2.05) is 30.3 Å². The van der Waals surface area contributed by atoms with Crippen LogP contribution in [-0.4, -0.2) is 16.3 Å². The van der Waals surface area contributed by atoms with Gasteiger partial charge in [0.05, 0.1) is 0 Å². The van der Waals surface area contributed by atoms with Crippen LogP contribution < -0.4 is 0 Å². The van der Waals surface area contributed by atoms with E-state index in [2.05, 4.69) is 0 Å². The maximum Gasteiger partial charge on any atom is 0.317 e. The Morgan fingerprint density at radius 2 is 2.00 bits per heavy atom. The van der Waals surface area contributed by atoms with Gasteiger partial charge in [-0.15, -0.1) is 11.8 Å². The number of rotatable bonds is 4. The van der Waals surface area contributed by atoms with E-state index in [9.17, 15) is 4.79 Å². The van der Waals surface area contributed by atoms with Crippen LogP contribution in [0.25, 0.3) is 0 Å². The van der Waals surface area contributed by atoms with Crippen molar-refractivity contribution >= 4 is 17.7 Å². The van der Waals surface area contributed by atoms with Crippen LogP contribution in [0.15, 0.2) is 35.2 Å². The molecule has 0 radical (unpaired) electrons. The summed E-state index contributed by atoms with van der Waals surface area (Å²) < 4.78 is 0. The zero-order chi connectivity index (χ0) is 10.7. The predicted molar refractivity (Wildman–Crippen MR) is 61.1 cm³/mol. The number of hydrogen-bond donors (Lipinski definition) is 1. The van der Waals surface area contributed by atoms with Crippen LogP contribution in [-0.2, 0) is 4.79 Å². The number of aliphatic carboxylic acids is 1. The van der Waals surface area contributed by atoms with Crippen molar-refractivity contribution in [1.82, 2.24) is 0 Å². The summed E-state index contributed by atoms with van der Waals surface area (Å²) in [6, 6.07) is 9.78. The van der Waals surface area contributed by atoms with Crippen LogP contribution in [0.3, 0.4) is 0 Å². The van der Waals surface area contributed by atoms with Gasteiger partial charge in [-0.1, -0.05) is 24.6 Å². The molecule has 0 saturated heterocycles. The summed E-state index contributed by atoms with van der Waals surface area (Å²) in [7, 11) is 0. The van der Waals surface area contributed by atoms with Gasteiger partial charge in [0.1, 0.15) is 5.25 Å². The van der Waals surface area contributed by atoms with Crippen LogP contribution >= 0.6 is 11.8 Å². The van der Waals surface area contributed by atoms with Gasteiger partial charge in [-0.25, -0.2) is 0 Å². The summed E-state index contributed by atoms with van der Waals surface area (Å²) >= 11 is 1.48. The highest BCUT2D eigenvalue weighted by atomic mass is 32.2. The van der Waals surface area contributed by atoms with Crippen molar-refractivity contribution in [2.75, 3.05) is 0 Å². The minimum absolute atomic E-state index is 0.263. The molecule has 1 unspecified atom stereocenters. The second-order valence-electron chi connectivity index (χ2n) is 3.88. The van der Waals surface area contributed by atoms with Crippen LogP contribution in [0.1, 0.15) is 19.3 Å². The standard InChI is InChI=1S/C12H14O2S/c13-12(14)11(9-5-4-6-9)15-10-7-2-1-3-8-10/h1-3,7-9,11H,4-6H2,(H,13,14). The Bertz CT molecular complexity index is 333. The molecule has 1 aliphatic rings. The van der Waals surface area contributed by atoms with Crippen molar-refractivity contribution in [2.45, 2.75) is 29.4 Å². The minimum Gasteiger partial charge on any atom is -0.480 e. The van der Waals surface area contributed by atoms with Gasteiger partial charge in [-0.05, 0) is 30.9 Å². The van der Waals surface area contributed by atoms with Crippen molar-refractivity contribution in [3.63, 3.8) is 0 Å². The van der Waals surface area contributed by atoms with E-state index in [0.29, 0.717) is 5.92 Å². The van der Waals surface area contributed by atoms with Crippen LogP contribution in [0, 0.1) is 5.92 Å². The van der Waals surface area contributed by atoms with Gasteiger partial charge in [0.25, 0.3) is 0 Å². The third-order valence-electron chi connectivity index (χ3n) is 2.83. The van der Waals surface area contributed by atoms with Gasteiger partial charge in [-0.3, -0.25) is 4.79 Å². The quantitative estimate of drug-likeness (QED) is 0.796. The number of thioether (sulfide) groups is 1. The molecule has 1 aromatic carbocycles. The highest BCUT2D eigenvalue weighted by Gasteiger charge is 2.33. The molecule has 0 aromatic heterocycles. The lowest BCUT2D eigenvalue weighted by Gasteiger charge is -2.30. The first kappa shape index (κ1) is 10.6. The van der Waals surface area contributed by atoms with Gasteiger partial charge >= 0.3 is 5.97 Å². The summed E-state index contributed by atoms with van der Waals surface area (Å²) in [5.41, 5.74) is 0. The maximum absolute atomic E-state index is 11.1. The molecule has 80 valence electrons. The molecule has 0 bridgehead atoms. The molecule has 2 nitrogen and oxygen atoms in total. The number of hydrogen-bond acceptors (Lipinski definition) is 2. The van der Waals surface area contributed by atoms with E-state index < -0.39 is 5.97 Å². The molecule has 15 heavy (non-hydrogen) atoms. The van der Waals surface area contributed by atoms with Gasteiger partial charge in [-0.2, -0.15) is 0 Å². The molecule has 1 atom stereocenters. The lowest BCUT2D eigenvalue weighted by molar-refractivity contribution is -0.138. The lowest BCUT2D eigenvalue weighted by Crippen LogP contribution is -2.31. The monoisotopic (exact) mass is 222 g/mol. The average Bonchev–Trinajstić information content (AvgIpc) is 2.15. The molecule has 1 saturated carbocycles. The van der Waals surface area contributed by atoms with E-state index in [4.69, 9.17) is 5.11 Å². The smallest absolute Gasteiger partial charge is 0.317 e. The fraction of sp³-hybridized carbons (Fsp3) is 0.417. The molecular formula is C12H14O2S. The van der Waals surface area contributed by atoms with Crippen LogP contribution in [0.4, 0.5) is 0 Å². The molecule has 0 spiro atoms. The topological polar surface area (TPSA) is 37.3 Å². The molecule has 0 aliphatic heterocycles. The zero-order valence-electron chi connectivity index (χ0n) is 8.43. The first-order valence-corrected chi connectivity index (χ1v) is 6.10. The maximum atomic E-state index is 11.1. The van der Waals surface area contributed by atoms with E-state index in [1.54, 1.807) is 0 Å². The van der Waals surface area contributed by atoms with Crippen molar-refractivity contribution in [2.24, 2.45) is 5.92 Å². The third-order valence-corrected chi connectivity index (χ3v) is 4.21. The second kappa shape index (κ2) is 4.71. The molecule has 0 amide bonds. The molecular weight excluding hydrogens is 208 g/mol. The summed E-state index contributed by atoms with van der Waals surface area (Å²) in [6.07, 6.45) is 3.32.